The minimum absolute atomic E-state index is 0.209. The third-order valence-corrected chi connectivity index (χ3v) is 10.1. The number of carbonyl (C=O) groups is 3. The number of benzene rings is 3. The quantitative estimate of drug-likeness (QED) is 0.309. The van der Waals surface area contributed by atoms with Gasteiger partial charge < -0.3 is 10.2 Å². The Morgan fingerprint density at radius 1 is 0.927 bits per heavy atom. The predicted molar refractivity (Wildman–Crippen MR) is 163 cm³/mol. The monoisotopic (exact) mass is 604 g/mol. The Morgan fingerprint density at radius 3 is 2.27 bits per heavy atom. The molecule has 0 saturated carbocycles. The zero-order valence-electron chi connectivity index (χ0n) is 22.1. The van der Waals surface area contributed by atoms with Crippen LogP contribution in [-0.4, -0.2) is 41.6 Å². The van der Waals surface area contributed by atoms with Crippen LogP contribution in [0.5, 0.6) is 0 Å². The van der Waals surface area contributed by atoms with E-state index in [-0.39, 0.29) is 29.1 Å². The summed E-state index contributed by atoms with van der Waals surface area (Å²) >= 11 is 8.28. The maximum absolute atomic E-state index is 14.0. The van der Waals surface area contributed by atoms with Crippen molar-refractivity contribution in [3.05, 3.63) is 104 Å². The molecule has 208 valence electrons. The van der Waals surface area contributed by atoms with Crippen molar-refractivity contribution in [3.8, 4) is 0 Å². The van der Waals surface area contributed by atoms with E-state index in [1.807, 2.05) is 61.5 Å². The van der Waals surface area contributed by atoms with E-state index < -0.39 is 17.1 Å². The Kier molecular flexibility index (Phi) is 7.23. The van der Waals surface area contributed by atoms with Gasteiger partial charge in [0.05, 0.1) is 16.6 Å². The number of para-hydroxylation sites is 1. The summed E-state index contributed by atoms with van der Waals surface area (Å²) in [5.41, 5.74) is 2.88. The van der Waals surface area contributed by atoms with Gasteiger partial charge in [-0.25, -0.2) is 4.90 Å². The van der Waals surface area contributed by atoms with Gasteiger partial charge in [0.1, 0.15) is 11.8 Å². The fourth-order valence-corrected chi connectivity index (χ4v) is 8.20. The number of thioether (sulfide) groups is 1. The molecule has 4 aromatic rings. The molecule has 0 spiro atoms. The predicted octanol–water partition coefficient (Wildman–Crippen LogP) is 5.06. The highest BCUT2D eigenvalue weighted by molar-refractivity contribution is 8.00. The lowest BCUT2D eigenvalue weighted by Gasteiger charge is -2.31. The van der Waals surface area contributed by atoms with Crippen molar-refractivity contribution in [1.29, 1.82) is 0 Å². The van der Waals surface area contributed by atoms with Crippen LogP contribution in [0.2, 0.25) is 5.02 Å². The van der Waals surface area contributed by atoms with E-state index in [0.29, 0.717) is 26.3 Å². The summed E-state index contributed by atoms with van der Waals surface area (Å²) in [7, 11) is 3.88. The maximum atomic E-state index is 14.0. The Balaban J connectivity index is 1.42. The lowest BCUT2D eigenvalue weighted by Crippen LogP contribution is -2.33. The van der Waals surface area contributed by atoms with Gasteiger partial charge in [-0.2, -0.15) is 0 Å². The molecule has 3 unspecified atom stereocenters. The van der Waals surface area contributed by atoms with Crippen molar-refractivity contribution < 1.29 is 14.4 Å². The van der Waals surface area contributed by atoms with Crippen molar-refractivity contribution in [3.63, 3.8) is 0 Å². The summed E-state index contributed by atoms with van der Waals surface area (Å²) < 4.78 is 1.42. The fraction of sp³-hybridized carbons (Fsp3) is 0.200. The third-order valence-electron chi connectivity index (χ3n) is 7.26. The van der Waals surface area contributed by atoms with Crippen molar-refractivity contribution in [2.75, 3.05) is 29.2 Å². The normalized spacial score (nSPS) is 19.6. The molecule has 2 aliphatic rings. The van der Waals surface area contributed by atoms with Crippen LogP contribution in [0.25, 0.3) is 0 Å². The minimum atomic E-state index is -0.762. The van der Waals surface area contributed by atoms with Gasteiger partial charge in [-0.15, -0.1) is 0 Å². The highest BCUT2D eigenvalue weighted by atomic mass is 35.5. The highest BCUT2D eigenvalue weighted by Crippen LogP contribution is 2.54. The number of halogens is 1. The number of nitrogens with one attached hydrogen (secondary N) is 1. The van der Waals surface area contributed by atoms with Crippen LogP contribution in [0.15, 0.2) is 88.7 Å². The molecule has 8 nitrogen and oxygen atoms in total. The van der Waals surface area contributed by atoms with Gasteiger partial charge in [-0.1, -0.05) is 65.0 Å². The molecular weight excluding hydrogens is 580 g/mol. The zero-order chi connectivity index (χ0) is 28.8. The van der Waals surface area contributed by atoms with Crippen molar-refractivity contribution in [2.45, 2.75) is 22.7 Å². The maximum Gasteiger partial charge on any atom is 0.308 e. The van der Waals surface area contributed by atoms with Crippen LogP contribution in [-0.2, 0) is 20.9 Å². The number of amides is 3. The molecule has 0 radical (unpaired) electrons. The van der Waals surface area contributed by atoms with E-state index in [1.54, 1.807) is 36.4 Å². The number of anilines is 3. The highest BCUT2D eigenvalue weighted by Gasteiger charge is 2.56. The molecule has 1 N–H and O–H groups in total. The average Bonchev–Trinajstić information content (AvgIpc) is 3.40. The molecule has 1 saturated heterocycles. The van der Waals surface area contributed by atoms with Crippen LogP contribution < -0.4 is 20.0 Å². The van der Waals surface area contributed by atoms with Gasteiger partial charge in [0.2, 0.25) is 17.7 Å². The van der Waals surface area contributed by atoms with E-state index >= 15 is 0 Å². The summed E-state index contributed by atoms with van der Waals surface area (Å²) in [5, 5.41) is 3.10. The lowest BCUT2D eigenvalue weighted by atomic mass is 9.83. The summed E-state index contributed by atoms with van der Waals surface area (Å²) in [4.78, 5) is 57.6. The molecule has 3 aromatic carbocycles. The minimum Gasteiger partial charge on any atom is -0.378 e. The SMILES string of the molecule is CN(C)c1ccc(C2c3sc(=O)n(CC(=O)Nc4ccccc4)c3SC3C(=O)N(c4ccc(Cl)cc4)C(=O)C32)cc1. The van der Waals surface area contributed by atoms with Gasteiger partial charge in [0, 0.05) is 41.3 Å². The number of imide groups is 1. The Bertz CT molecular complexity index is 1700. The number of hydrogen-bond donors (Lipinski definition) is 1. The summed E-state index contributed by atoms with van der Waals surface area (Å²) in [5.74, 6) is -2.28. The van der Waals surface area contributed by atoms with Crippen molar-refractivity contribution in [2.24, 2.45) is 5.92 Å². The molecule has 0 aliphatic carbocycles. The molecule has 3 amide bonds. The number of carbonyl (C=O) groups excluding carboxylic acids is 3. The molecule has 41 heavy (non-hydrogen) atoms. The topological polar surface area (TPSA) is 91.7 Å². The molecule has 1 aromatic heterocycles. The molecule has 2 aliphatic heterocycles. The van der Waals surface area contributed by atoms with Crippen LogP contribution in [0.1, 0.15) is 16.4 Å². The fourth-order valence-electron chi connectivity index (χ4n) is 5.30. The largest absolute Gasteiger partial charge is 0.378 e. The van der Waals surface area contributed by atoms with E-state index in [2.05, 4.69) is 5.32 Å². The van der Waals surface area contributed by atoms with E-state index in [0.717, 1.165) is 22.6 Å². The summed E-state index contributed by atoms with van der Waals surface area (Å²) in [6, 6.07) is 23.4. The van der Waals surface area contributed by atoms with Crippen LogP contribution >= 0.6 is 34.7 Å². The number of aromatic nitrogens is 1. The van der Waals surface area contributed by atoms with Gasteiger partial charge in [0.25, 0.3) is 0 Å². The second-order valence-electron chi connectivity index (χ2n) is 10.1. The smallest absolute Gasteiger partial charge is 0.308 e. The number of hydrogen-bond acceptors (Lipinski definition) is 7. The van der Waals surface area contributed by atoms with Gasteiger partial charge >= 0.3 is 4.87 Å². The Labute approximate surface area is 249 Å². The molecule has 6 rings (SSSR count). The van der Waals surface area contributed by atoms with Crippen LogP contribution in [0, 0.1) is 5.92 Å². The first kappa shape index (κ1) is 27.3. The molecule has 1 fully saturated rings. The molecule has 3 atom stereocenters. The molecule has 11 heteroatoms. The van der Waals surface area contributed by atoms with Crippen molar-refractivity contribution in [1.82, 2.24) is 4.57 Å². The molecule has 3 heterocycles. The average molecular weight is 605 g/mol. The standard InChI is InChI=1S/C30H25ClN4O4S2/c1-33(2)20-12-8-17(9-13-20)23-24-25(28(38)35(27(24)37)21-14-10-18(31)11-15-21)40-29-26(23)41-30(39)34(29)16-22(36)32-19-6-4-3-5-7-19/h3-15,23-25H,16H2,1-2H3,(H,32,36). The van der Waals surface area contributed by atoms with E-state index in [9.17, 15) is 19.2 Å². The number of nitrogens with zero attached hydrogens (tertiary/aromatic N) is 3. The Hall–Kier alpha value is -3.86. The molecular formula is C30H25ClN4O4S2. The molecule has 0 bridgehead atoms. The first-order chi connectivity index (χ1) is 19.7. The second kappa shape index (κ2) is 10.8. The summed E-state index contributed by atoms with van der Waals surface area (Å²) in [6.45, 7) is -0.209. The summed E-state index contributed by atoms with van der Waals surface area (Å²) in [6.07, 6.45) is 0. The van der Waals surface area contributed by atoms with E-state index in [1.165, 1.54) is 21.2 Å². The van der Waals surface area contributed by atoms with E-state index in [4.69, 9.17) is 11.6 Å². The van der Waals surface area contributed by atoms with Gasteiger partial charge in [-0.3, -0.25) is 23.7 Å². The zero-order valence-corrected chi connectivity index (χ0v) is 24.5. The number of rotatable bonds is 6. The second-order valence-corrected chi connectivity index (χ2v) is 12.6. The Morgan fingerprint density at radius 2 is 1.61 bits per heavy atom. The lowest BCUT2D eigenvalue weighted by molar-refractivity contribution is -0.122. The first-order valence-electron chi connectivity index (χ1n) is 12.9. The van der Waals surface area contributed by atoms with Gasteiger partial charge in [-0.05, 0) is 54.1 Å². The van der Waals surface area contributed by atoms with Crippen LogP contribution in [0.4, 0.5) is 17.1 Å². The number of fused-ring (bicyclic) bond motifs is 2. The number of thiazole rings is 1. The van der Waals surface area contributed by atoms with Gasteiger partial charge in [0.15, 0.2) is 0 Å². The van der Waals surface area contributed by atoms with Crippen LogP contribution in [0.3, 0.4) is 0 Å². The van der Waals surface area contributed by atoms with Crippen molar-refractivity contribution >= 4 is 69.5 Å². The third kappa shape index (κ3) is 4.96. The first-order valence-corrected chi connectivity index (χ1v) is 15.0.